The fourth-order valence-electron chi connectivity index (χ4n) is 1.49. The van der Waals surface area contributed by atoms with Crippen LogP contribution in [0.4, 0.5) is 13.2 Å². The third-order valence-electron chi connectivity index (χ3n) is 2.39. The van der Waals surface area contributed by atoms with Crippen LogP contribution in [0, 0.1) is 0 Å². The summed E-state index contributed by atoms with van der Waals surface area (Å²) in [6.45, 7) is 1.95. The Kier molecular flexibility index (Phi) is 5.17. The van der Waals surface area contributed by atoms with Gasteiger partial charge in [-0.25, -0.2) is 0 Å². The van der Waals surface area contributed by atoms with E-state index in [1.807, 2.05) is 0 Å². The van der Waals surface area contributed by atoms with Gasteiger partial charge in [-0.15, -0.1) is 0 Å². The summed E-state index contributed by atoms with van der Waals surface area (Å²) in [6, 6.07) is 3.99. The van der Waals surface area contributed by atoms with E-state index in [4.69, 9.17) is 10.5 Å². The minimum atomic E-state index is -4.50. The largest absolute Gasteiger partial charge is 0.491 e. The molecule has 19 heavy (non-hydrogen) atoms. The first kappa shape index (κ1) is 15.3. The van der Waals surface area contributed by atoms with Gasteiger partial charge in [-0.3, -0.25) is 4.79 Å². The molecule has 0 spiro atoms. The van der Waals surface area contributed by atoms with Crippen LogP contribution in [0.5, 0.6) is 5.75 Å². The monoisotopic (exact) mass is 276 g/mol. The Bertz CT molecular complexity index is 435. The Morgan fingerprint density at radius 1 is 1.42 bits per heavy atom. The van der Waals surface area contributed by atoms with E-state index in [1.54, 1.807) is 6.92 Å². The van der Waals surface area contributed by atoms with E-state index in [9.17, 15) is 18.0 Å². The van der Waals surface area contributed by atoms with Crippen molar-refractivity contribution in [2.75, 3.05) is 13.2 Å². The zero-order valence-corrected chi connectivity index (χ0v) is 10.3. The minimum Gasteiger partial charge on any atom is -0.491 e. The first-order valence-electron chi connectivity index (χ1n) is 5.68. The average molecular weight is 276 g/mol. The van der Waals surface area contributed by atoms with Crippen LogP contribution in [-0.2, 0) is 11.0 Å². The van der Waals surface area contributed by atoms with Gasteiger partial charge in [-0.1, -0.05) is 19.1 Å². The first-order chi connectivity index (χ1) is 8.86. The third-order valence-corrected chi connectivity index (χ3v) is 2.39. The zero-order chi connectivity index (χ0) is 14.5. The summed E-state index contributed by atoms with van der Waals surface area (Å²) in [5.74, 6) is -0.995. The van der Waals surface area contributed by atoms with E-state index >= 15 is 0 Å². The van der Waals surface area contributed by atoms with Gasteiger partial charge in [-0.05, 0) is 18.7 Å². The smallest absolute Gasteiger partial charge is 0.419 e. The molecule has 1 rings (SSSR count). The highest BCUT2D eigenvalue weighted by Gasteiger charge is 2.34. The number of alkyl halides is 3. The maximum Gasteiger partial charge on any atom is 0.419 e. The van der Waals surface area contributed by atoms with Gasteiger partial charge in [0.25, 0.3) is 0 Å². The SMILES string of the molecule is CCNC(COc1ccccc1C(F)(F)F)C(N)=O. The molecule has 0 aromatic heterocycles. The zero-order valence-electron chi connectivity index (χ0n) is 10.3. The molecule has 1 aromatic rings. The van der Waals surface area contributed by atoms with Crippen LogP contribution in [0.3, 0.4) is 0 Å². The fourth-order valence-corrected chi connectivity index (χ4v) is 1.49. The van der Waals surface area contributed by atoms with E-state index < -0.39 is 23.7 Å². The van der Waals surface area contributed by atoms with Crippen LogP contribution in [0.15, 0.2) is 24.3 Å². The molecule has 4 nitrogen and oxygen atoms in total. The van der Waals surface area contributed by atoms with Gasteiger partial charge in [-0.2, -0.15) is 13.2 Å². The van der Waals surface area contributed by atoms with Crippen molar-refractivity contribution in [3.05, 3.63) is 29.8 Å². The number of benzene rings is 1. The highest BCUT2D eigenvalue weighted by molar-refractivity contribution is 5.80. The lowest BCUT2D eigenvalue weighted by molar-refractivity contribution is -0.139. The lowest BCUT2D eigenvalue weighted by Gasteiger charge is -2.18. The summed E-state index contributed by atoms with van der Waals surface area (Å²) in [5, 5.41) is 2.73. The van der Waals surface area contributed by atoms with Gasteiger partial charge in [0.15, 0.2) is 0 Å². The molecule has 0 aliphatic rings. The summed E-state index contributed by atoms with van der Waals surface area (Å²) >= 11 is 0. The van der Waals surface area contributed by atoms with Crippen molar-refractivity contribution >= 4 is 5.91 Å². The third kappa shape index (κ3) is 4.44. The standard InChI is InChI=1S/C12H15F3N2O2/c1-2-17-9(11(16)18)7-19-10-6-4-3-5-8(10)12(13,14)15/h3-6,9,17H,2,7H2,1H3,(H2,16,18). The second-order valence-electron chi connectivity index (χ2n) is 3.82. The van der Waals surface area contributed by atoms with E-state index in [-0.39, 0.29) is 12.4 Å². The lowest BCUT2D eigenvalue weighted by atomic mass is 10.2. The van der Waals surface area contributed by atoms with Crippen LogP contribution >= 0.6 is 0 Å². The first-order valence-corrected chi connectivity index (χ1v) is 5.68. The molecule has 1 aromatic carbocycles. The van der Waals surface area contributed by atoms with Gasteiger partial charge < -0.3 is 15.8 Å². The molecule has 0 aliphatic heterocycles. The van der Waals surface area contributed by atoms with Crippen molar-refractivity contribution in [1.29, 1.82) is 0 Å². The number of hydrogen-bond acceptors (Lipinski definition) is 3. The predicted octanol–water partition coefficient (Wildman–Crippen LogP) is 1.55. The number of rotatable bonds is 6. The number of halogens is 3. The summed E-state index contributed by atoms with van der Waals surface area (Å²) in [7, 11) is 0. The van der Waals surface area contributed by atoms with Gasteiger partial charge in [0, 0.05) is 0 Å². The van der Waals surface area contributed by atoms with Crippen molar-refractivity contribution in [2.45, 2.75) is 19.1 Å². The van der Waals surface area contributed by atoms with Gasteiger partial charge in [0.2, 0.25) is 5.91 Å². The van der Waals surface area contributed by atoms with Crippen molar-refractivity contribution in [1.82, 2.24) is 5.32 Å². The second-order valence-corrected chi connectivity index (χ2v) is 3.82. The molecule has 106 valence electrons. The number of hydrogen-bond donors (Lipinski definition) is 2. The van der Waals surface area contributed by atoms with Crippen molar-refractivity contribution in [3.8, 4) is 5.75 Å². The van der Waals surface area contributed by atoms with Crippen LogP contribution in [0.2, 0.25) is 0 Å². The number of carbonyl (C=O) groups is 1. The topological polar surface area (TPSA) is 64.3 Å². The summed E-state index contributed by atoms with van der Waals surface area (Å²) in [5.41, 5.74) is 4.23. The second kappa shape index (κ2) is 6.42. The molecule has 0 heterocycles. The lowest BCUT2D eigenvalue weighted by Crippen LogP contribution is -2.45. The quantitative estimate of drug-likeness (QED) is 0.828. The molecular weight excluding hydrogens is 261 g/mol. The van der Waals surface area contributed by atoms with Crippen LogP contribution < -0.4 is 15.8 Å². The molecule has 1 unspecified atom stereocenters. The number of amides is 1. The molecule has 1 atom stereocenters. The van der Waals surface area contributed by atoms with Gasteiger partial charge in [0.1, 0.15) is 18.4 Å². The Labute approximate surface area is 108 Å². The Morgan fingerprint density at radius 2 is 2.05 bits per heavy atom. The fraction of sp³-hybridized carbons (Fsp3) is 0.417. The van der Waals surface area contributed by atoms with Gasteiger partial charge in [0.05, 0.1) is 5.56 Å². The Balaban J connectivity index is 2.80. The Hall–Kier alpha value is -1.76. The molecule has 0 radical (unpaired) electrons. The molecule has 1 amide bonds. The minimum absolute atomic E-state index is 0.254. The van der Waals surface area contributed by atoms with Crippen LogP contribution in [0.25, 0.3) is 0 Å². The molecule has 0 aliphatic carbocycles. The number of nitrogens with one attached hydrogen (secondary N) is 1. The summed E-state index contributed by atoms with van der Waals surface area (Å²) in [6.07, 6.45) is -4.50. The van der Waals surface area contributed by atoms with Crippen molar-refractivity contribution in [2.24, 2.45) is 5.73 Å². The van der Waals surface area contributed by atoms with E-state index in [2.05, 4.69) is 5.32 Å². The highest BCUT2D eigenvalue weighted by atomic mass is 19.4. The average Bonchev–Trinajstić information content (AvgIpc) is 2.33. The molecule has 3 N–H and O–H groups in total. The molecule has 0 saturated heterocycles. The summed E-state index contributed by atoms with van der Waals surface area (Å²) in [4.78, 5) is 11.1. The number of likely N-dealkylation sites (N-methyl/N-ethyl adjacent to an activating group) is 1. The highest BCUT2D eigenvalue weighted by Crippen LogP contribution is 2.35. The maximum absolute atomic E-state index is 12.7. The van der Waals surface area contributed by atoms with E-state index in [0.717, 1.165) is 6.07 Å². The maximum atomic E-state index is 12.7. The number of ether oxygens (including phenoxy) is 1. The molecular formula is C12H15F3N2O2. The van der Waals surface area contributed by atoms with E-state index in [1.165, 1.54) is 18.2 Å². The van der Waals surface area contributed by atoms with Crippen LogP contribution in [0.1, 0.15) is 12.5 Å². The molecule has 0 bridgehead atoms. The number of carbonyl (C=O) groups excluding carboxylic acids is 1. The normalized spacial score (nSPS) is 13.1. The van der Waals surface area contributed by atoms with Crippen molar-refractivity contribution in [3.63, 3.8) is 0 Å². The molecule has 7 heteroatoms. The number of primary amides is 1. The predicted molar refractivity (Wildman–Crippen MR) is 63.6 cm³/mol. The van der Waals surface area contributed by atoms with Crippen LogP contribution in [-0.4, -0.2) is 25.1 Å². The number of nitrogens with two attached hydrogens (primary N) is 1. The molecule has 0 saturated carbocycles. The summed E-state index contributed by atoms with van der Waals surface area (Å²) < 4.78 is 43.1. The van der Waals surface area contributed by atoms with E-state index in [0.29, 0.717) is 6.54 Å². The van der Waals surface area contributed by atoms with Crippen molar-refractivity contribution < 1.29 is 22.7 Å². The number of para-hydroxylation sites is 1. The Morgan fingerprint density at radius 3 is 2.58 bits per heavy atom. The van der Waals surface area contributed by atoms with Gasteiger partial charge >= 0.3 is 6.18 Å². The molecule has 0 fully saturated rings.